The minimum Gasteiger partial charge on any atom is -0.458 e. The number of para-hydroxylation sites is 2. The maximum Gasteiger partial charge on any atom is 0.260 e. The van der Waals surface area contributed by atoms with Crippen LogP contribution in [0.3, 0.4) is 0 Å². The first-order chi connectivity index (χ1) is 22.8. The fourth-order valence-electron chi connectivity index (χ4n) is 7.16. The molecule has 2 aliphatic heterocycles. The zero-order chi connectivity index (χ0) is 30.5. The lowest BCUT2D eigenvalue weighted by molar-refractivity contribution is 0.465. The summed E-state index contributed by atoms with van der Waals surface area (Å²) in [5.74, 6) is 3.52. The Kier molecular flexibility index (Phi) is 6.36. The van der Waals surface area contributed by atoms with Crippen molar-refractivity contribution in [3.63, 3.8) is 0 Å². The highest BCUT2D eigenvalue weighted by Gasteiger charge is 2.41. The van der Waals surface area contributed by atoms with Gasteiger partial charge in [-0.05, 0) is 89.3 Å². The molecule has 0 bridgehead atoms. The Morgan fingerprint density at radius 2 is 0.891 bits per heavy atom. The molecule has 7 aromatic carbocycles. The fraction of sp³-hybridized carbons (Fsp3) is 0. The first-order valence-electron chi connectivity index (χ1n) is 15.6. The molecule has 0 atom stereocenters. The average Bonchev–Trinajstić information content (AvgIpc) is 3.13. The number of rotatable bonds is 5. The van der Waals surface area contributed by atoms with Crippen LogP contribution in [0.2, 0.25) is 0 Å². The summed E-state index contributed by atoms with van der Waals surface area (Å²) in [5.41, 5.74) is 5.60. The van der Waals surface area contributed by atoms with Gasteiger partial charge in [0.2, 0.25) is 0 Å². The van der Waals surface area contributed by atoms with E-state index in [1.165, 1.54) is 30.5 Å². The van der Waals surface area contributed by atoms with Crippen LogP contribution in [0.4, 0.5) is 0 Å². The van der Waals surface area contributed by atoms with Crippen molar-refractivity contribution >= 4 is 33.1 Å². The smallest absolute Gasteiger partial charge is 0.260 e. The molecule has 0 saturated heterocycles. The molecule has 46 heavy (non-hydrogen) atoms. The van der Waals surface area contributed by atoms with Crippen molar-refractivity contribution in [2.45, 2.75) is 19.6 Å². The summed E-state index contributed by atoms with van der Waals surface area (Å²) < 4.78 is 13.3. The summed E-state index contributed by atoms with van der Waals surface area (Å²) in [5, 5.41) is 0. The third kappa shape index (κ3) is 4.07. The molecular weight excluding hydrogens is 579 g/mol. The van der Waals surface area contributed by atoms with Crippen LogP contribution in [0, 0.1) is 0 Å². The molecule has 2 nitrogen and oxygen atoms in total. The van der Waals surface area contributed by atoms with Crippen LogP contribution in [-0.2, 0) is 0 Å². The van der Waals surface area contributed by atoms with Gasteiger partial charge in [0.05, 0.1) is 0 Å². The van der Waals surface area contributed by atoms with Crippen LogP contribution in [0.25, 0.3) is 11.1 Å². The van der Waals surface area contributed by atoms with Gasteiger partial charge in [0, 0.05) is 30.6 Å². The molecule has 2 aliphatic rings. The van der Waals surface area contributed by atoms with E-state index in [1.807, 2.05) is 6.07 Å². The van der Waals surface area contributed by atoms with Crippen LogP contribution in [-0.4, -0.2) is 6.71 Å². The van der Waals surface area contributed by atoms with E-state index in [0.29, 0.717) is 0 Å². The predicted molar refractivity (Wildman–Crippen MR) is 190 cm³/mol. The molecule has 7 aromatic rings. The van der Waals surface area contributed by atoms with Gasteiger partial charge in [-0.2, -0.15) is 0 Å². The van der Waals surface area contributed by atoms with Crippen molar-refractivity contribution in [1.29, 1.82) is 0 Å². The van der Waals surface area contributed by atoms with Crippen LogP contribution in [0.15, 0.2) is 196 Å². The van der Waals surface area contributed by atoms with E-state index in [2.05, 4.69) is 170 Å². The first kappa shape index (κ1) is 26.9. The van der Waals surface area contributed by atoms with E-state index >= 15 is 0 Å². The second kappa shape index (κ2) is 10.9. The summed E-state index contributed by atoms with van der Waals surface area (Å²) in [7, 11) is -1.83. The lowest BCUT2D eigenvalue weighted by Crippen LogP contribution is -2.57. The Hall–Kier alpha value is -5.45. The molecule has 0 aliphatic carbocycles. The summed E-state index contributed by atoms with van der Waals surface area (Å²) in [6.07, 6.45) is 0. The van der Waals surface area contributed by atoms with Crippen LogP contribution < -0.4 is 25.9 Å². The van der Waals surface area contributed by atoms with Gasteiger partial charge in [-0.1, -0.05) is 103 Å². The summed E-state index contributed by atoms with van der Waals surface area (Å²) >= 11 is 0. The Morgan fingerprint density at radius 3 is 1.48 bits per heavy atom. The lowest BCUT2D eigenvalue weighted by atomic mass is 9.34. The molecular formula is C42H29BO2S. The Bertz CT molecular complexity index is 2110. The highest BCUT2D eigenvalue weighted by Crippen LogP contribution is 2.73. The predicted octanol–water partition coefficient (Wildman–Crippen LogP) is 9.42. The molecule has 0 aromatic heterocycles. The Morgan fingerprint density at radius 1 is 0.391 bits per heavy atom. The topological polar surface area (TPSA) is 18.5 Å². The molecule has 218 valence electrons. The highest BCUT2D eigenvalue weighted by atomic mass is 32.3. The van der Waals surface area contributed by atoms with E-state index in [9.17, 15) is 0 Å². The highest BCUT2D eigenvalue weighted by molar-refractivity contribution is 8.34. The minimum atomic E-state index is -1.83. The molecule has 4 heteroatoms. The number of hydrogen-bond donors (Lipinski definition) is 0. The first-order valence-corrected chi connectivity index (χ1v) is 17.3. The lowest BCUT2D eigenvalue weighted by Gasteiger charge is -2.42. The van der Waals surface area contributed by atoms with Crippen molar-refractivity contribution in [3.05, 3.63) is 176 Å². The van der Waals surface area contributed by atoms with Crippen molar-refractivity contribution < 1.29 is 9.47 Å². The number of ether oxygens (including phenoxy) is 2. The molecule has 0 N–H and O–H groups in total. The molecule has 0 amide bonds. The van der Waals surface area contributed by atoms with Crippen LogP contribution >= 0.6 is 10.0 Å². The van der Waals surface area contributed by atoms with Gasteiger partial charge in [0.1, 0.15) is 23.0 Å². The van der Waals surface area contributed by atoms with Gasteiger partial charge in [-0.25, -0.2) is 0 Å². The minimum absolute atomic E-state index is 0.0331. The van der Waals surface area contributed by atoms with Crippen LogP contribution in [0.5, 0.6) is 23.0 Å². The monoisotopic (exact) mass is 608 g/mol. The third-order valence-electron chi connectivity index (χ3n) is 9.13. The SMILES string of the molecule is c1ccc(S(c2ccccc2)(c2ccccc2)c2cccc(-c3ccc4c5c3Oc3ccccc3B5c3ccccc3O4)c2)cc1. The maximum absolute atomic E-state index is 6.83. The van der Waals surface area contributed by atoms with E-state index < -0.39 is 10.0 Å². The average molecular weight is 609 g/mol. The number of benzene rings is 7. The molecule has 9 rings (SSSR count). The van der Waals surface area contributed by atoms with Crippen molar-refractivity contribution in [1.82, 2.24) is 0 Å². The molecule has 0 fully saturated rings. The van der Waals surface area contributed by atoms with Gasteiger partial charge in [-0.3, -0.25) is 0 Å². The third-order valence-corrected chi connectivity index (χ3v) is 13.0. The van der Waals surface area contributed by atoms with Gasteiger partial charge in [0.15, 0.2) is 0 Å². The zero-order valence-electron chi connectivity index (χ0n) is 25.0. The van der Waals surface area contributed by atoms with E-state index in [4.69, 9.17) is 9.47 Å². The van der Waals surface area contributed by atoms with E-state index in [1.54, 1.807) is 0 Å². The fourth-order valence-corrected chi connectivity index (χ4v) is 11.1. The summed E-state index contributed by atoms with van der Waals surface area (Å²) in [6.45, 7) is 0.0331. The van der Waals surface area contributed by atoms with Crippen molar-refractivity contribution in [2.75, 3.05) is 0 Å². The standard InChI is InChI=1S/C42H29BO2S/c1-4-16-31(17-5-1)46(32-18-6-2-7-19-32,33-20-8-3-9-21-33)34-22-14-15-30(29-34)35-27-28-40-41-42(35)45-39-26-13-11-24-37(39)43(41)36-23-10-12-25-38(36)44-40/h1-29H. The Balaban J connectivity index is 1.29. The van der Waals surface area contributed by atoms with Gasteiger partial charge >= 0.3 is 0 Å². The Labute approximate surface area is 271 Å². The molecule has 0 unspecified atom stereocenters. The van der Waals surface area contributed by atoms with Gasteiger partial charge in [-0.15, -0.1) is 10.0 Å². The zero-order valence-corrected chi connectivity index (χ0v) is 25.9. The van der Waals surface area contributed by atoms with Crippen LogP contribution in [0.1, 0.15) is 0 Å². The largest absolute Gasteiger partial charge is 0.458 e. The maximum atomic E-state index is 6.83. The van der Waals surface area contributed by atoms with Gasteiger partial charge in [0.25, 0.3) is 6.71 Å². The molecule has 0 radical (unpaired) electrons. The molecule has 0 saturated carbocycles. The summed E-state index contributed by atoms with van der Waals surface area (Å²) in [4.78, 5) is 5.16. The van der Waals surface area contributed by atoms with E-state index in [0.717, 1.165) is 39.6 Å². The second-order valence-corrected chi connectivity index (χ2v) is 14.8. The van der Waals surface area contributed by atoms with Crippen molar-refractivity contribution in [2.24, 2.45) is 0 Å². The molecule has 2 heterocycles. The summed E-state index contributed by atoms with van der Waals surface area (Å²) in [6, 6.07) is 63.1. The normalized spacial score (nSPS) is 13.0. The van der Waals surface area contributed by atoms with E-state index in [-0.39, 0.29) is 6.71 Å². The second-order valence-electron chi connectivity index (χ2n) is 11.6. The van der Waals surface area contributed by atoms with Crippen molar-refractivity contribution in [3.8, 4) is 34.1 Å². The number of hydrogen-bond acceptors (Lipinski definition) is 2. The quantitative estimate of drug-likeness (QED) is 0.181. The number of fused-ring (bicyclic) bond motifs is 4. The molecule has 0 spiro atoms. The van der Waals surface area contributed by atoms with Gasteiger partial charge < -0.3 is 9.47 Å².